The van der Waals surface area contributed by atoms with E-state index in [9.17, 15) is 4.79 Å². The lowest BCUT2D eigenvalue weighted by Crippen LogP contribution is -2.60. The maximum absolute atomic E-state index is 11.4. The molecule has 11 heavy (non-hydrogen) atoms. The molecule has 2 atom stereocenters. The Bertz CT molecular complexity index is 193. The van der Waals surface area contributed by atoms with E-state index < -0.39 is 0 Å². The van der Waals surface area contributed by atoms with Gasteiger partial charge in [0.2, 0.25) is 5.91 Å². The molecular formula is C8H14N2O. The van der Waals surface area contributed by atoms with Crippen molar-refractivity contribution in [2.45, 2.75) is 18.9 Å². The first-order chi connectivity index (χ1) is 5.20. The number of amides is 1. The summed E-state index contributed by atoms with van der Waals surface area (Å²) in [5, 5.41) is 0. The van der Waals surface area contributed by atoms with E-state index in [0.717, 1.165) is 13.1 Å². The number of carbonyl (C=O) groups is 1. The lowest BCUT2D eigenvalue weighted by molar-refractivity contribution is -0.152. The molecule has 0 radical (unpaired) electrons. The topological polar surface area (TPSA) is 23.6 Å². The molecule has 0 aromatic rings. The lowest BCUT2D eigenvalue weighted by atomic mass is 9.76. The molecule has 3 nitrogen and oxygen atoms in total. The van der Waals surface area contributed by atoms with Gasteiger partial charge in [-0.1, -0.05) is 0 Å². The van der Waals surface area contributed by atoms with Crippen LogP contribution < -0.4 is 0 Å². The van der Waals surface area contributed by atoms with E-state index in [1.165, 1.54) is 6.42 Å². The molecule has 1 aliphatic carbocycles. The zero-order chi connectivity index (χ0) is 8.01. The van der Waals surface area contributed by atoms with Crippen LogP contribution in [0.5, 0.6) is 0 Å². The number of rotatable bonds is 0. The van der Waals surface area contributed by atoms with Gasteiger partial charge in [-0.3, -0.25) is 9.69 Å². The Kier molecular flexibility index (Phi) is 1.42. The third kappa shape index (κ3) is 0.872. The summed E-state index contributed by atoms with van der Waals surface area (Å²) in [6.07, 6.45) is 2.30. The summed E-state index contributed by atoms with van der Waals surface area (Å²) in [7, 11) is 3.98. The average molecular weight is 154 g/mol. The highest BCUT2D eigenvalue weighted by Gasteiger charge is 2.44. The van der Waals surface area contributed by atoms with Crippen molar-refractivity contribution < 1.29 is 4.79 Å². The Labute approximate surface area is 67.0 Å². The molecule has 0 bridgehead atoms. The minimum Gasteiger partial charge on any atom is -0.332 e. The van der Waals surface area contributed by atoms with E-state index in [4.69, 9.17) is 0 Å². The van der Waals surface area contributed by atoms with Gasteiger partial charge in [-0.15, -0.1) is 0 Å². The van der Waals surface area contributed by atoms with Crippen LogP contribution in [0.3, 0.4) is 0 Å². The summed E-state index contributed by atoms with van der Waals surface area (Å²) < 4.78 is 0. The van der Waals surface area contributed by atoms with Crippen molar-refractivity contribution in [2.24, 2.45) is 5.92 Å². The Hall–Kier alpha value is -0.570. The smallest absolute Gasteiger partial charge is 0.228 e. The van der Waals surface area contributed by atoms with Crippen LogP contribution in [-0.2, 0) is 4.79 Å². The van der Waals surface area contributed by atoms with Gasteiger partial charge in [-0.2, -0.15) is 0 Å². The molecule has 0 aromatic carbocycles. The van der Waals surface area contributed by atoms with E-state index in [1.807, 2.05) is 11.9 Å². The fourth-order valence-corrected chi connectivity index (χ4v) is 2.09. The van der Waals surface area contributed by atoms with E-state index in [1.54, 1.807) is 0 Å². The molecule has 1 aliphatic heterocycles. The largest absolute Gasteiger partial charge is 0.332 e. The molecular weight excluding hydrogens is 140 g/mol. The monoisotopic (exact) mass is 154 g/mol. The quantitative estimate of drug-likeness (QED) is 0.495. The molecule has 0 N–H and O–H groups in total. The predicted octanol–water partition coefficient (Wildman–Crippen LogP) is 0.126. The molecule has 2 fully saturated rings. The fraction of sp³-hybridized carbons (Fsp3) is 0.875. The summed E-state index contributed by atoms with van der Waals surface area (Å²) in [5.74, 6) is 0.665. The first kappa shape index (κ1) is 7.10. The van der Waals surface area contributed by atoms with Gasteiger partial charge in [0.25, 0.3) is 0 Å². The first-order valence-corrected chi connectivity index (χ1v) is 4.15. The summed E-state index contributed by atoms with van der Waals surface area (Å²) in [6, 6.07) is 0.554. The van der Waals surface area contributed by atoms with Gasteiger partial charge in [0.1, 0.15) is 0 Å². The molecule has 0 aromatic heterocycles. The van der Waals surface area contributed by atoms with Gasteiger partial charge >= 0.3 is 0 Å². The molecule has 3 heteroatoms. The summed E-state index contributed by atoms with van der Waals surface area (Å²) in [4.78, 5) is 15.5. The van der Waals surface area contributed by atoms with E-state index in [0.29, 0.717) is 17.9 Å². The van der Waals surface area contributed by atoms with Crippen LogP contribution in [0, 0.1) is 5.92 Å². The number of hydrogen-bond acceptors (Lipinski definition) is 2. The second-order valence-corrected chi connectivity index (χ2v) is 3.69. The first-order valence-electron chi connectivity index (χ1n) is 4.15. The van der Waals surface area contributed by atoms with Gasteiger partial charge in [-0.05, 0) is 19.9 Å². The van der Waals surface area contributed by atoms with E-state index in [2.05, 4.69) is 11.9 Å². The number of carbonyl (C=O) groups excluding carboxylic acids is 1. The minimum atomic E-state index is 0.318. The third-order valence-corrected chi connectivity index (χ3v) is 2.93. The van der Waals surface area contributed by atoms with Gasteiger partial charge in [0.15, 0.2) is 0 Å². The van der Waals surface area contributed by atoms with Gasteiger partial charge in [0.05, 0.1) is 12.6 Å². The van der Waals surface area contributed by atoms with Crippen molar-refractivity contribution in [3.63, 3.8) is 0 Å². The van der Waals surface area contributed by atoms with Gasteiger partial charge < -0.3 is 4.90 Å². The summed E-state index contributed by atoms with van der Waals surface area (Å²) in [5.41, 5.74) is 0. The van der Waals surface area contributed by atoms with E-state index >= 15 is 0 Å². The summed E-state index contributed by atoms with van der Waals surface area (Å²) >= 11 is 0. The molecule has 1 saturated heterocycles. The predicted molar refractivity (Wildman–Crippen MR) is 41.9 cm³/mol. The van der Waals surface area contributed by atoms with Crippen LogP contribution in [0.1, 0.15) is 12.8 Å². The van der Waals surface area contributed by atoms with Crippen LogP contribution in [-0.4, -0.2) is 42.5 Å². The summed E-state index contributed by atoms with van der Waals surface area (Å²) in [6.45, 7) is 0.806. The Morgan fingerprint density at radius 2 is 2.09 bits per heavy atom. The van der Waals surface area contributed by atoms with Crippen molar-refractivity contribution >= 4 is 5.91 Å². The highest BCUT2D eigenvalue weighted by atomic mass is 16.2. The SMILES string of the molecule is CN1CN(C)[C@H]2CCC2C1=O. The fourth-order valence-electron chi connectivity index (χ4n) is 2.09. The third-order valence-electron chi connectivity index (χ3n) is 2.93. The molecule has 0 spiro atoms. The van der Waals surface area contributed by atoms with E-state index in [-0.39, 0.29) is 0 Å². The molecule has 1 heterocycles. The van der Waals surface area contributed by atoms with Crippen LogP contribution in [0.2, 0.25) is 0 Å². The van der Waals surface area contributed by atoms with Crippen molar-refractivity contribution in [3.8, 4) is 0 Å². The highest BCUT2D eigenvalue weighted by Crippen LogP contribution is 2.35. The van der Waals surface area contributed by atoms with Crippen LogP contribution in [0.25, 0.3) is 0 Å². The molecule has 1 amide bonds. The zero-order valence-electron chi connectivity index (χ0n) is 7.08. The Morgan fingerprint density at radius 1 is 1.36 bits per heavy atom. The highest BCUT2D eigenvalue weighted by molar-refractivity contribution is 5.81. The number of fused-ring (bicyclic) bond motifs is 1. The minimum absolute atomic E-state index is 0.318. The van der Waals surface area contributed by atoms with Crippen molar-refractivity contribution in [1.29, 1.82) is 0 Å². The molecule has 2 rings (SSSR count). The van der Waals surface area contributed by atoms with Crippen molar-refractivity contribution in [2.75, 3.05) is 20.8 Å². The number of hydrogen-bond donors (Lipinski definition) is 0. The maximum Gasteiger partial charge on any atom is 0.228 e. The second-order valence-electron chi connectivity index (χ2n) is 3.69. The molecule has 62 valence electrons. The Balaban J connectivity index is 2.13. The van der Waals surface area contributed by atoms with Crippen LogP contribution in [0.15, 0.2) is 0 Å². The van der Waals surface area contributed by atoms with Crippen LogP contribution >= 0.6 is 0 Å². The lowest BCUT2D eigenvalue weighted by Gasteiger charge is -2.48. The molecule has 2 aliphatic rings. The second kappa shape index (κ2) is 2.21. The maximum atomic E-state index is 11.4. The van der Waals surface area contributed by atoms with Crippen LogP contribution in [0.4, 0.5) is 0 Å². The number of nitrogens with zero attached hydrogens (tertiary/aromatic N) is 2. The zero-order valence-corrected chi connectivity index (χ0v) is 7.08. The average Bonchev–Trinajstić information content (AvgIpc) is 1.81. The standard InChI is InChI=1S/C8H14N2O/c1-9-5-10(2)8(11)6-3-4-7(6)9/h6-7H,3-5H2,1-2H3/t6?,7-/m0/s1. The van der Waals surface area contributed by atoms with Crippen molar-refractivity contribution in [3.05, 3.63) is 0 Å². The van der Waals surface area contributed by atoms with Crippen molar-refractivity contribution in [1.82, 2.24) is 9.80 Å². The molecule has 1 saturated carbocycles. The Morgan fingerprint density at radius 3 is 2.64 bits per heavy atom. The van der Waals surface area contributed by atoms with Gasteiger partial charge in [0, 0.05) is 13.1 Å². The van der Waals surface area contributed by atoms with Gasteiger partial charge in [-0.25, -0.2) is 0 Å². The normalized spacial score (nSPS) is 38.4. The molecule has 1 unspecified atom stereocenters.